The lowest BCUT2D eigenvalue weighted by molar-refractivity contribution is -0.116. The van der Waals surface area contributed by atoms with Crippen LogP contribution in [0, 0.1) is 23.7 Å². The Morgan fingerprint density at radius 3 is 1.31 bits per heavy atom. The minimum absolute atomic E-state index is 0.129. The first kappa shape index (κ1) is 16.5. The van der Waals surface area contributed by atoms with Crippen LogP contribution in [0.25, 0.3) is 0 Å². The van der Waals surface area contributed by atoms with E-state index in [1.54, 1.807) is 0 Å². The zero-order valence-corrected chi connectivity index (χ0v) is 15.5. The van der Waals surface area contributed by atoms with Crippen LogP contribution in [-0.4, -0.2) is 28.6 Å². The maximum Gasteiger partial charge on any atom is 0.262 e. The van der Waals surface area contributed by atoms with Crippen LogP contribution in [0.3, 0.4) is 0 Å². The van der Waals surface area contributed by atoms with Crippen molar-refractivity contribution in [3.05, 3.63) is 21.0 Å². The van der Waals surface area contributed by atoms with Crippen molar-refractivity contribution in [2.45, 2.75) is 38.5 Å². The summed E-state index contributed by atoms with van der Waals surface area (Å²) < 4.78 is 49.9. The van der Waals surface area contributed by atoms with Gasteiger partial charge in [-0.15, -0.1) is 0 Å². The Bertz CT molecular complexity index is 953. The second-order valence-electron chi connectivity index (χ2n) is 7.84. The van der Waals surface area contributed by atoms with Gasteiger partial charge in [0, 0.05) is 11.1 Å². The van der Waals surface area contributed by atoms with Crippen molar-refractivity contribution in [3.8, 4) is 0 Å². The van der Waals surface area contributed by atoms with E-state index in [2.05, 4.69) is 9.44 Å². The number of carbonyl (C=O) groups excluding carboxylic acids is 2. The number of rotatable bonds is 0. The molecule has 0 aromatic heterocycles. The van der Waals surface area contributed by atoms with E-state index in [-0.39, 0.29) is 35.5 Å². The lowest BCUT2D eigenvalue weighted by Gasteiger charge is -2.08. The van der Waals surface area contributed by atoms with Crippen molar-refractivity contribution >= 4 is 31.9 Å². The summed E-state index contributed by atoms with van der Waals surface area (Å²) in [5.74, 6) is -0.0492. The van der Waals surface area contributed by atoms with Gasteiger partial charge >= 0.3 is 0 Å². The molecule has 0 aromatic carbocycles. The van der Waals surface area contributed by atoms with Crippen LogP contribution in [-0.2, 0) is 29.6 Å². The Hall–Kier alpha value is -1.68. The third kappa shape index (κ3) is 2.05. The van der Waals surface area contributed by atoms with E-state index in [0.29, 0.717) is 21.0 Å². The first-order chi connectivity index (χ1) is 12.2. The number of carbonyl (C=O) groups is 2. The van der Waals surface area contributed by atoms with Crippen molar-refractivity contribution < 1.29 is 26.4 Å². The summed E-state index contributed by atoms with van der Waals surface area (Å²) >= 11 is 0. The molecule has 2 amide bonds. The lowest BCUT2D eigenvalue weighted by Crippen LogP contribution is -2.26. The van der Waals surface area contributed by atoms with E-state index in [1.807, 2.05) is 0 Å². The minimum atomic E-state index is -3.42. The number of nitrogens with one attached hydrogen (secondary N) is 2. The van der Waals surface area contributed by atoms with Crippen LogP contribution in [0.5, 0.6) is 0 Å². The fourth-order valence-corrected chi connectivity index (χ4v) is 8.92. The third-order valence-electron chi connectivity index (χ3n) is 6.48. The fourth-order valence-electron chi connectivity index (χ4n) is 5.59. The van der Waals surface area contributed by atoms with Gasteiger partial charge in [0.05, 0.1) is 9.81 Å². The number of allylic oxidation sites excluding steroid dienone is 2. The highest BCUT2D eigenvalue weighted by atomic mass is 32.2. The summed E-state index contributed by atoms with van der Waals surface area (Å²) in [5, 5.41) is 0. The SMILES string of the molecule is O=C1NS(=O)(=O)C2=C1C1CCC2C1.O=C1NS(=O)(=O)C2=C1C1CCC2C1. The van der Waals surface area contributed by atoms with Gasteiger partial charge in [0.2, 0.25) is 0 Å². The Balaban J connectivity index is 0.000000115. The molecule has 0 aromatic rings. The molecule has 2 aliphatic heterocycles. The Morgan fingerprint density at radius 1 is 0.615 bits per heavy atom. The van der Waals surface area contributed by atoms with Gasteiger partial charge in [-0.05, 0) is 62.2 Å². The standard InChI is InChI=1S/2C8H9NO3S/c2*10-8-6-4-1-2-5(3-4)7(6)13(11,12)9-8/h2*4-5H,1-3H2,(H,9,10). The van der Waals surface area contributed by atoms with Crippen LogP contribution in [0.4, 0.5) is 0 Å². The average Bonchev–Trinajstić information content (AvgIpc) is 3.32. The molecule has 0 radical (unpaired) electrons. The molecule has 2 saturated carbocycles. The first-order valence-electron chi connectivity index (χ1n) is 8.81. The van der Waals surface area contributed by atoms with Gasteiger partial charge in [0.15, 0.2) is 0 Å². The maximum absolute atomic E-state index is 11.5. The van der Waals surface area contributed by atoms with E-state index in [0.717, 1.165) is 38.5 Å². The molecule has 6 aliphatic rings. The van der Waals surface area contributed by atoms with Gasteiger partial charge in [-0.1, -0.05) is 0 Å². The molecule has 0 saturated heterocycles. The zero-order valence-electron chi connectivity index (χ0n) is 13.8. The molecular formula is C16H18N2O6S2. The molecule has 0 spiro atoms. The largest absolute Gasteiger partial charge is 0.269 e. The molecule has 2 heterocycles. The lowest BCUT2D eigenvalue weighted by atomic mass is 9.98. The Labute approximate surface area is 151 Å². The van der Waals surface area contributed by atoms with Crippen molar-refractivity contribution in [2.24, 2.45) is 23.7 Å². The summed E-state index contributed by atoms with van der Waals surface area (Å²) in [5.41, 5.74) is 1.13. The molecule has 4 bridgehead atoms. The number of hydrogen-bond donors (Lipinski definition) is 2. The molecule has 4 aliphatic carbocycles. The molecule has 4 unspecified atom stereocenters. The topological polar surface area (TPSA) is 126 Å². The second-order valence-corrected chi connectivity index (χ2v) is 11.1. The summed E-state index contributed by atoms with van der Waals surface area (Å²) in [4.78, 5) is 23.4. The molecule has 2 N–H and O–H groups in total. The van der Waals surface area contributed by atoms with Crippen molar-refractivity contribution in [3.63, 3.8) is 0 Å². The van der Waals surface area contributed by atoms with E-state index < -0.39 is 20.0 Å². The predicted octanol–water partition coefficient (Wildman–Crippen LogP) is 0.260. The fraction of sp³-hybridized carbons (Fsp3) is 0.625. The van der Waals surface area contributed by atoms with Crippen LogP contribution >= 0.6 is 0 Å². The van der Waals surface area contributed by atoms with E-state index >= 15 is 0 Å². The molecule has 10 heteroatoms. The first-order valence-corrected chi connectivity index (χ1v) is 11.8. The highest BCUT2D eigenvalue weighted by molar-refractivity contribution is 7.94. The monoisotopic (exact) mass is 398 g/mol. The predicted molar refractivity (Wildman–Crippen MR) is 89.8 cm³/mol. The van der Waals surface area contributed by atoms with Crippen molar-refractivity contribution in [2.75, 3.05) is 0 Å². The summed E-state index contributed by atoms with van der Waals surface area (Å²) in [6, 6.07) is 0. The maximum atomic E-state index is 11.5. The highest BCUT2D eigenvalue weighted by Crippen LogP contribution is 2.53. The second kappa shape index (κ2) is 4.98. The molecule has 140 valence electrons. The van der Waals surface area contributed by atoms with Crippen LogP contribution < -0.4 is 9.44 Å². The zero-order chi connectivity index (χ0) is 18.4. The van der Waals surface area contributed by atoms with Gasteiger partial charge in [0.1, 0.15) is 0 Å². The molecular weight excluding hydrogens is 380 g/mol. The quantitative estimate of drug-likeness (QED) is 0.603. The van der Waals surface area contributed by atoms with Crippen molar-refractivity contribution in [1.29, 1.82) is 0 Å². The summed E-state index contributed by atoms with van der Waals surface area (Å²) in [6.45, 7) is 0. The van der Waals surface area contributed by atoms with Crippen LogP contribution in [0.15, 0.2) is 21.0 Å². The van der Waals surface area contributed by atoms with Crippen LogP contribution in [0.1, 0.15) is 38.5 Å². The van der Waals surface area contributed by atoms with Gasteiger partial charge in [-0.2, -0.15) is 0 Å². The van der Waals surface area contributed by atoms with Crippen molar-refractivity contribution in [1.82, 2.24) is 9.44 Å². The van der Waals surface area contributed by atoms with E-state index in [4.69, 9.17) is 0 Å². The van der Waals surface area contributed by atoms with Gasteiger partial charge in [0.25, 0.3) is 31.9 Å². The molecule has 26 heavy (non-hydrogen) atoms. The Kier molecular flexibility index (Phi) is 3.16. The van der Waals surface area contributed by atoms with Gasteiger partial charge in [-0.25, -0.2) is 26.3 Å². The molecule has 2 fully saturated rings. The Morgan fingerprint density at radius 2 is 0.962 bits per heavy atom. The smallest absolute Gasteiger partial charge is 0.262 e. The normalized spacial score (nSPS) is 39.5. The molecule has 8 nitrogen and oxygen atoms in total. The number of hydrogen-bond acceptors (Lipinski definition) is 6. The molecule has 4 atom stereocenters. The highest BCUT2D eigenvalue weighted by Gasteiger charge is 2.52. The van der Waals surface area contributed by atoms with Gasteiger partial charge < -0.3 is 0 Å². The number of fused-ring (bicyclic) bond motifs is 8. The van der Waals surface area contributed by atoms with E-state index in [1.165, 1.54) is 0 Å². The summed E-state index contributed by atoms with van der Waals surface area (Å²) in [7, 11) is -6.85. The summed E-state index contributed by atoms with van der Waals surface area (Å²) in [6.07, 6.45) is 5.56. The molecule has 6 rings (SSSR count). The third-order valence-corrected chi connectivity index (χ3v) is 9.65. The van der Waals surface area contributed by atoms with Gasteiger partial charge in [-0.3, -0.25) is 9.59 Å². The average molecular weight is 398 g/mol. The van der Waals surface area contributed by atoms with Crippen LogP contribution in [0.2, 0.25) is 0 Å². The number of amides is 2. The number of sulfonamides is 2. The minimum Gasteiger partial charge on any atom is -0.269 e. The van der Waals surface area contributed by atoms with E-state index in [9.17, 15) is 26.4 Å².